The number of fused-ring (bicyclic) bond motifs is 12. The number of nitrogens with zero attached hydrogens (tertiary/aromatic N) is 4. The maximum Gasteiger partial charge on any atom is 0.0488 e. The van der Waals surface area contributed by atoms with Gasteiger partial charge in [0.05, 0.1) is 0 Å². The molecule has 0 unspecified atom stereocenters. The van der Waals surface area contributed by atoms with Gasteiger partial charge in [0.25, 0.3) is 0 Å². The zero-order chi connectivity index (χ0) is 75.8. The van der Waals surface area contributed by atoms with Crippen LogP contribution in [0.5, 0.6) is 0 Å². The molecule has 0 bridgehead atoms. The molecule has 16 aromatic carbocycles. The summed E-state index contributed by atoms with van der Waals surface area (Å²) in [5.41, 5.74) is 40.0. The largest absolute Gasteiger partial charge is 0.310 e. The number of benzene rings is 16. The number of hydrogen-bond donors (Lipinski definition) is 0. The minimum atomic E-state index is -0.195. The van der Waals surface area contributed by atoms with Crippen molar-refractivity contribution in [2.75, 3.05) is 19.6 Å². The summed E-state index contributed by atoms with van der Waals surface area (Å²) in [6.07, 6.45) is 0. The van der Waals surface area contributed by atoms with Crippen molar-refractivity contribution in [2.24, 2.45) is 0 Å². The zero-order valence-electron chi connectivity index (χ0n) is 64.6. The summed E-state index contributed by atoms with van der Waals surface area (Å²) in [4.78, 5) is 9.85. The minimum Gasteiger partial charge on any atom is -0.310 e. The van der Waals surface area contributed by atoms with E-state index >= 15 is 0 Å². The van der Waals surface area contributed by atoms with Gasteiger partial charge >= 0.3 is 0 Å². The Morgan fingerprint density at radius 1 is 0.134 bits per heavy atom. The van der Waals surface area contributed by atoms with Gasteiger partial charge in [-0.2, -0.15) is 0 Å². The summed E-state index contributed by atoms with van der Waals surface area (Å²) in [5.74, 6) is 0. The molecule has 0 N–H and O–H groups in total. The number of rotatable bonds is 15. The molecule has 0 aromatic heterocycles. The first kappa shape index (κ1) is 68.0. The topological polar surface area (TPSA) is 13.0 Å². The van der Waals surface area contributed by atoms with Gasteiger partial charge in [0.15, 0.2) is 0 Å². The van der Waals surface area contributed by atoms with Crippen molar-refractivity contribution in [1.82, 2.24) is 0 Å². The van der Waals surface area contributed by atoms with Gasteiger partial charge in [-0.25, -0.2) is 0 Å². The summed E-state index contributed by atoms with van der Waals surface area (Å²) < 4.78 is 0. The van der Waals surface area contributed by atoms with Crippen molar-refractivity contribution < 1.29 is 0 Å². The van der Waals surface area contributed by atoms with E-state index in [1.54, 1.807) is 0 Å². The van der Waals surface area contributed by atoms with Crippen LogP contribution in [0.25, 0.3) is 77.9 Å². The fourth-order valence-corrected chi connectivity index (χ4v) is 19.2. The molecule has 538 valence electrons. The summed E-state index contributed by atoms with van der Waals surface area (Å²) in [6, 6.07) is 141. The van der Waals surface area contributed by atoms with Crippen molar-refractivity contribution in [2.45, 2.75) is 77.0 Å². The molecule has 112 heavy (non-hydrogen) atoms. The van der Waals surface area contributed by atoms with E-state index in [9.17, 15) is 0 Å². The van der Waals surface area contributed by atoms with E-state index in [1.165, 1.54) is 89.0 Å². The maximum absolute atomic E-state index is 2.46. The minimum absolute atomic E-state index is 0.195. The third-order valence-electron chi connectivity index (χ3n) is 25.0. The fraction of sp³-hybridized carbons (Fsp3) is 0.111. The molecule has 0 saturated carbocycles. The summed E-state index contributed by atoms with van der Waals surface area (Å²) in [6.45, 7) is 19.0. The highest BCUT2D eigenvalue weighted by Gasteiger charge is 2.41. The quantitative estimate of drug-likeness (QED) is 0.101. The third kappa shape index (κ3) is 11.1. The van der Waals surface area contributed by atoms with Crippen LogP contribution >= 0.6 is 0 Å². The van der Waals surface area contributed by atoms with Gasteiger partial charge in [-0.1, -0.05) is 298 Å². The highest BCUT2D eigenvalue weighted by Crippen LogP contribution is 2.57. The second-order valence-electron chi connectivity index (χ2n) is 32.9. The average Bonchev–Trinajstić information content (AvgIpc) is 1.37. The van der Waals surface area contributed by atoms with Gasteiger partial charge in [-0.3, -0.25) is 0 Å². The second-order valence-corrected chi connectivity index (χ2v) is 32.9. The summed E-state index contributed by atoms with van der Waals surface area (Å²) in [5, 5.41) is 0. The van der Waals surface area contributed by atoms with E-state index in [1.807, 2.05) is 0 Å². The van der Waals surface area contributed by atoms with Crippen LogP contribution in [-0.4, -0.2) is 0 Å². The Hall–Kier alpha value is -13.3. The molecule has 0 saturated heterocycles. The predicted octanol–water partition coefficient (Wildman–Crippen LogP) is 29.8. The van der Waals surface area contributed by atoms with Gasteiger partial charge in [0.1, 0.15) is 0 Å². The molecule has 4 heteroatoms. The van der Waals surface area contributed by atoms with Gasteiger partial charge in [-0.05, 0) is 256 Å². The molecule has 0 spiro atoms. The van der Waals surface area contributed by atoms with Crippen molar-refractivity contribution >= 4 is 68.2 Å². The summed E-state index contributed by atoms with van der Waals surface area (Å²) >= 11 is 0. The molecule has 0 atom stereocenters. The number of anilines is 12. The van der Waals surface area contributed by atoms with E-state index in [0.717, 1.165) is 102 Å². The maximum atomic E-state index is 2.46. The molecule has 4 nitrogen and oxygen atoms in total. The SMILES string of the molecule is CC1(C)c2ccccc2-c2ccc(N(c3ccccc3)c3cc(-c4ccc(-c5ccc(-c6cc(N(c7ccccc7)c7ccc8c(c7)C(C)(C)c7ccccc7-8)cc(N(c7ccccc7)c7ccc8c(c7)C(C)(C)c7ccccc7-8)c6)cc5)cc4)cc(N(c4ccccc4)c4ccc5c(c4)C(C)(C)c4ccccc4-5)c3)cc21. The highest BCUT2D eigenvalue weighted by molar-refractivity contribution is 5.95. The molecular weight excluding hydrogens is 1350 g/mol. The lowest BCUT2D eigenvalue weighted by Gasteiger charge is -2.32. The van der Waals surface area contributed by atoms with Crippen LogP contribution in [0, 0.1) is 0 Å². The van der Waals surface area contributed by atoms with E-state index in [2.05, 4.69) is 451 Å². The van der Waals surface area contributed by atoms with Gasteiger partial charge in [0.2, 0.25) is 0 Å². The Bertz CT molecular complexity index is 5640. The van der Waals surface area contributed by atoms with Crippen molar-refractivity contribution in [3.05, 3.63) is 421 Å². The molecular formula is C108H86N4. The molecule has 16 aromatic rings. The van der Waals surface area contributed by atoms with Crippen molar-refractivity contribution in [3.63, 3.8) is 0 Å². The van der Waals surface area contributed by atoms with Crippen molar-refractivity contribution in [1.29, 1.82) is 0 Å². The molecule has 0 radical (unpaired) electrons. The smallest absolute Gasteiger partial charge is 0.0488 e. The molecule has 20 rings (SSSR count). The van der Waals surface area contributed by atoms with Crippen LogP contribution in [0.3, 0.4) is 0 Å². The van der Waals surface area contributed by atoms with Crippen molar-refractivity contribution in [3.8, 4) is 77.9 Å². The van der Waals surface area contributed by atoms with Crippen LogP contribution in [0.4, 0.5) is 68.2 Å². The number of hydrogen-bond acceptors (Lipinski definition) is 4. The Morgan fingerprint density at radius 3 is 0.545 bits per heavy atom. The van der Waals surface area contributed by atoms with Gasteiger partial charge < -0.3 is 19.6 Å². The van der Waals surface area contributed by atoms with E-state index in [-0.39, 0.29) is 21.7 Å². The van der Waals surface area contributed by atoms with Crippen LogP contribution in [0.2, 0.25) is 0 Å². The Balaban J connectivity index is 0.720. The molecule has 4 aliphatic rings. The lowest BCUT2D eigenvalue weighted by molar-refractivity contribution is 0.660. The van der Waals surface area contributed by atoms with Crippen LogP contribution in [0.1, 0.15) is 99.9 Å². The monoisotopic (exact) mass is 1440 g/mol. The Kier molecular flexibility index (Phi) is 15.9. The first-order valence-corrected chi connectivity index (χ1v) is 39.4. The fourth-order valence-electron chi connectivity index (χ4n) is 19.2. The van der Waals surface area contributed by atoms with Gasteiger partial charge in [-0.15, -0.1) is 0 Å². The first-order valence-electron chi connectivity index (χ1n) is 39.4. The average molecular weight is 1440 g/mol. The molecule has 0 amide bonds. The van der Waals surface area contributed by atoms with Crippen LogP contribution in [0.15, 0.2) is 376 Å². The second kappa shape index (κ2) is 26.2. The van der Waals surface area contributed by atoms with E-state index < -0.39 is 0 Å². The third-order valence-corrected chi connectivity index (χ3v) is 25.0. The lowest BCUT2D eigenvalue weighted by Crippen LogP contribution is -2.17. The lowest BCUT2D eigenvalue weighted by atomic mass is 9.82. The predicted molar refractivity (Wildman–Crippen MR) is 472 cm³/mol. The zero-order valence-corrected chi connectivity index (χ0v) is 64.6. The molecule has 4 aliphatic carbocycles. The Morgan fingerprint density at radius 2 is 0.321 bits per heavy atom. The van der Waals surface area contributed by atoms with Crippen LogP contribution < -0.4 is 19.6 Å². The Labute approximate surface area is 659 Å². The molecule has 0 fully saturated rings. The highest BCUT2D eigenvalue weighted by atomic mass is 15.2. The standard InChI is InChI=1S/C108H86N4/c1-105(2)97-41-25-21-37-89(97)93-57-53-81(67-101(93)105)109(77-29-13-9-14-30-77)85-61-75(62-86(65-85)110(78-31-15-10-16-32-78)82-54-58-94-90-38-22-26-42-98(90)106(3,4)102(94)68-82)73-49-45-71(46-50-73)72-47-51-74(52-48-72)76-63-87(111(79-33-17-11-18-34-79)83-55-59-95-91-39-23-27-43-99(91)107(5,6)103(95)69-83)66-88(64-76)112(80-35-19-12-20-36-80)84-56-60-96-92-40-24-28-44-100(92)108(7,8)104(96)70-84/h9-70H,1-8H3. The number of para-hydroxylation sites is 4. The first-order chi connectivity index (χ1) is 54.5. The summed E-state index contributed by atoms with van der Waals surface area (Å²) in [7, 11) is 0. The molecule has 0 heterocycles. The van der Waals surface area contributed by atoms with E-state index in [4.69, 9.17) is 0 Å². The molecule has 0 aliphatic heterocycles. The van der Waals surface area contributed by atoms with Gasteiger partial charge in [0, 0.05) is 89.9 Å². The normalized spacial score (nSPS) is 14.2. The van der Waals surface area contributed by atoms with Crippen LogP contribution in [-0.2, 0) is 21.7 Å². The van der Waals surface area contributed by atoms with E-state index in [0.29, 0.717) is 0 Å².